The van der Waals surface area contributed by atoms with Gasteiger partial charge in [0.2, 0.25) is 15.9 Å². The van der Waals surface area contributed by atoms with E-state index in [1.54, 1.807) is 25.3 Å². The quantitative estimate of drug-likeness (QED) is 0.523. The molecule has 0 aromatic heterocycles. The van der Waals surface area contributed by atoms with Gasteiger partial charge in [0.15, 0.2) is 0 Å². The molecule has 3 rings (SSSR count). The number of hydrogen-bond acceptors (Lipinski definition) is 5. The summed E-state index contributed by atoms with van der Waals surface area (Å²) < 4.78 is 38.6. The van der Waals surface area contributed by atoms with Gasteiger partial charge in [-0.05, 0) is 42.7 Å². The van der Waals surface area contributed by atoms with E-state index in [4.69, 9.17) is 9.47 Å². The molecule has 1 N–H and O–H groups in total. The Morgan fingerprint density at radius 1 is 1.13 bits per heavy atom. The van der Waals surface area contributed by atoms with Gasteiger partial charge in [0.05, 0.1) is 19.4 Å². The van der Waals surface area contributed by atoms with Crippen molar-refractivity contribution < 1.29 is 22.7 Å². The number of piperidine rings is 1. The number of nitrogens with one attached hydrogen (secondary N) is 1. The molecule has 31 heavy (non-hydrogen) atoms. The molecule has 0 radical (unpaired) electrons. The molecular weight excluding hydrogens is 484 g/mol. The van der Waals surface area contributed by atoms with E-state index >= 15 is 0 Å². The first-order valence-electron chi connectivity index (χ1n) is 10.1. The van der Waals surface area contributed by atoms with Gasteiger partial charge in [-0.3, -0.25) is 4.79 Å². The van der Waals surface area contributed by atoms with Gasteiger partial charge in [0, 0.05) is 29.5 Å². The molecule has 0 atom stereocenters. The fourth-order valence-electron chi connectivity index (χ4n) is 3.46. The minimum absolute atomic E-state index is 0.0290. The van der Waals surface area contributed by atoms with Gasteiger partial charge in [-0.25, -0.2) is 12.7 Å². The minimum atomic E-state index is -3.40. The van der Waals surface area contributed by atoms with E-state index in [1.807, 2.05) is 30.3 Å². The third-order valence-corrected chi connectivity index (χ3v) is 7.57. The van der Waals surface area contributed by atoms with Gasteiger partial charge in [0.1, 0.15) is 18.1 Å². The zero-order valence-electron chi connectivity index (χ0n) is 17.4. The molecule has 1 amide bonds. The van der Waals surface area contributed by atoms with Gasteiger partial charge in [-0.15, -0.1) is 0 Å². The summed E-state index contributed by atoms with van der Waals surface area (Å²) in [5.41, 5.74) is 0.749. The van der Waals surface area contributed by atoms with Crippen LogP contribution in [0.15, 0.2) is 53.0 Å². The summed E-state index contributed by atoms with van der Waals surface area (Å²) in [6.07, 6.45) is 1.03. The standard InChI is InChI=1S/C22H27BrN2O5S/c1-29-20-3-2-4-21(15-20)30-14-11-24-22(26)18-9-12-25(13-10-18)31(27,28)16-17-5-7-19(23)8-6-17/h2-8,15,18H,9-14,16H2,1H3,(H,24,26). The average molecular weight is 511 g/mol. The summed E-state index contributed by atoms with van der Waals surface area (Å²) >= 11 is 3.35. The Labute approximate surface area is 191 Å². The van der Waals surface area contributed by atoms with Gasteiger partial charge in [-0.2, -0.15) is 0 Å². The Bertz CT molecular complexity index is 974. The number of nitrogens with zero attached hydrogens (tertiary/aromatic N) is 1. The fourth-order valence-corrected chi connectivity index (χ4v) is 5.28. The fraction of sp³-hybridized carbons (Fsp3) is 0.409. The SMILES string of the molecule is COc1cccc(OCCNC(=O)C2CCN(S(=O)(=O)Cc3ccc(Br)cc3)CC2)c1. The number of rotatable bonds is 9. The van der Waals surface area contributed by atoms with Crippen LogP contribution in [0.25, 0.3) is 0 Å². The molecule has 7 nitrogen and oxygen atoms in total. The maximum absolute atomic E-state index is 12.7. The Hall–Kier alpha value is -2.10. The second-order valence-electron chi connectivity index (χ2n) is 7.37. The van der Waals surface area contributed by atoms with E-state index in [2.05, 4.69) is 21.2 Å². The van der Waals surface area contributed by atoms with Crippen LogP contribution in [0.4, 0.5) is 0 Å². The van der Waals surface area contributed by atoms with Crippen LogP contribution in [0.3, 0.4) is 0 Å². The van der Waals surface area contributed by atoms with Crippen molar-refractivity contribution in [1.82, 2.24) is 9.62 Å². The van der Waals surface area contributed by atoms with Crippen molar-refractivity contribution in [2.75, 3.05) is 33.4 Å². The first kappa shape index (κ1) is 23.6. The molecule has 1 aliphatic heterocycles. The molecule has 9 heteroatoms. The number of benzene rings is 2. The predicted molar refractivity (Wildman–Crippen MR) is 123 cm³/mol. The predicted octanol–water partition coefficient (Wildman–Crippen LogP) is 3.19. The van der Waals surface area contributed by atoms with Crippen LogP contribution >= 0.6 is 15.9 Å². The van der Waals surface area contributed by atoms with Crippen molar-refractivity contribution in [3.8, 4) is 11.5 Å². The molecule has 1 saturated heterocycles. The van der Waals surface area contributed by atoms with E-state index in [0.717, 1.165) is 10.0 Å². The van der Waals surface area contributed by atoms with Crippen molar-refractivity contribution in [1.29, 1.82) is 0 Å². The van der Waals surface area contributed by atoms with Crippen LogP contribution in [0, 0.1) is 5.92 Å². The summed E-state index contributed by atoms with van der Waals surface area (Å²) in [7, 11) is -1.81. The lowest BCUT2D eigenvalue weighted by atomic mass is 9.97. The third-order valence-electron chi connectivity index (χ3n) is 5.19. The van der Waals surface area contributed by atoms with Crippen LogP contribution in [0.2, 0.25) is 0 Å². The summed E-state index contributed by atoms with van der Waals surface area (Å²) in [6.45, 7) is 1.45. The molecule has 0 spiro atoms. The number of sulfonamides is 1. The molecule has 1 fully saturated rings. The number of methoxy groups -OCH3 is 1. The summed E-state index contributed by atoms with van der Waals surface area (Å²) in [5, 5.41) is 2.88. The van der Waals surface area contributed by atoms with E-state index in [9.17, 15) is 13.2 Å². The second kappa shape index (κ2) is 11.0. The van der Waals surface area contributed by atoms with Crippen molar-refractivity contribution in [2.24, 2.45) is 5.92 Å². The maximum atomic E-state index is 12.7. The Morgan fingerprint density at radius 3 is 2.48 bits per heavy atom. The molecule has 1 aliphatic rings. The van der Waals surface area contributed by atoms with E-state index in [0.29, 0.717) is 50.6 Å². The highest BCUT2D eigenvalue weighted by Gasteiger charge is 2.31. The van der Waals surface area contributed by atoms with Crippen molar-refractivity contribution in [3.63, 3.8) is 0 Å². The van der Waals surface area contributed by atoms with Crippen LogP contribution in [-0.4, -0.2) is 52.0 Å². The van der Waals surface area contributed by atoms with E-state index < -0.39 is 10.0 Å². The lowest BCUT2D eigenvalue weighted by molar-refractivity contribution is -0.126. The highest BCUT2D eigenvalue weighted by molar-refractivity contribution is 9.10. The Kier molecular flexibility index (Phi) is 8.34. The summed E-state index contributed by atoms with van der Waals surface area (Å²) in [6, 6.07) is 14.6. The number of hydrogen-bond donors (Lipinski definition) is 1. The van der Waals surface area contributed by atoms with Crippen LogP contribution < -0.4 is 14.8 Å². The zero-order chi connectivity index (χ0) is 22.3. The molecular formula is C22H27BrN2O5S. The third kappa shape index (κ3) is 6.95. The van der Waals surface area contributed by atoms with Crippen LogP contribution in [0.1, 0.15) is 18.4 Å². The zero-order valence-corrected chi connectivity index (χ0v) is 19.8. The molecule has 0 unspecified atom stereocenters. The van der Waals surface area contributed by atoms with Crippen molar-refractivity contribution >= 4 is 31.9 Å². The van der Waals surface area contributed by atoms with Crippen LogP contribution in [-0.2, 0) is 20.6 Å². The molecule has 1 heterocycles. The maximum Gasteiger partial charge on any atom is 0.223 e. The van der Waals surface area contributed by atoms with Gasteiger partial charge >= 0.3 is 0 Å². The Morgan fingerprint density at radius 2 is 1.81 bits per heavy atom. The highest BCUT2D eigenvalue weighted by Crippen LogP contribution is 2.23. The smallest absolute Gasteiger partial charge is 0.223 e. The lowest BCUT2D eigenvalue weighted by Crippen LogP contribution is -2.43. The normalized spacial score (nSPS) is 15.4. The number of carbonyl (C=O) groups is 1. The molecule has 2 aromatic carbocycles. The lowest BCUT2D eigenvalue weighted by Gasteiger charge is -2.30. The first-order valence-corrected chi connectivity index (χ1v) is 12.5. The average Bonchev–Trinajstić information content (AvgIpc) is 2.78. The van der Waals surface area contributed by atoms with Gasteiger partial charge < -0.3 is 14.8 Å². The second-order valence-corrected chi connectivity index (χ2v) is 10.3. The topological polar surface area (TPSA) is 84.9 Å². The number of amides is 1. The molecule has 0 aliphatic carbocycles. The summed E-state index contributed by atoms with van der Waals surface area (Å²) in [5.74, 6) is 1.12. The van der Waals surface area contributed by atoms with E-state index in [-0.39, 0.29) is 17.6 Å². The molecule has 168 valence electrons. The van der Waals surface area contributed by atoms with E-state index in [1.165, 1.54) is 4.31 Å². The highest BCUT2D eigenvalue weighted by atomic mass is 79.9. The van der Waals surface area contributed by atoms with Crippen molar-refractivity contribution in [2.45, 2.75) is 18.6 Å². The molecule has 2 aromatic rings. The van der Waals surface area contributed by atoms with Gasteiger partial charge in [0.25, 0.3) is 0 Å². The van der Waals surface area contributed by atoms with Gasteiger partial charge in [-0.1, -0.05) is 34.1 Å². The number of ether oxygens (including phenoxy) is 2. The largest absolute Gasteiger partial charge is 0.497 e. The number of carbonyl (C=O) groups excluding carboxylic acids is 1. The monoisotopic (exact) mass is 510 g/mol. The minimum Gasteiger partial charge on any atom is -0.497 e. The summed E-state index contributed by atoms with van der Waals surface area (Å²) in [4.78, 5) is 12.4. The number of halogens is 1. The van der Waals surface area contributed by atoms with Crippen LogP contribution in [0.5, 0.6) is 11.5 Å². The van der Waals surface area contributed by atoms with Crippen molar-refractivity contribution in [3.05, 3.63) is 58.6 Å². The first-order chi connectivity index (χ1) is 14.9. The molecule has 0 bridgehead atoms. The Balaban J connectivity index is 1.40. The molecule has 0 saturated carbocycles.